The average molecular weight is 275 g/mol. The Kier molecular flexibility index (Phi) is 6.34. The van der Waals surface area contributed by atoms with Gasteiger partial charge in [-0.05, 0) is 32.9 Å². The number of hydrogen-bond donors (Lipinski definition) is 1. The van der Waals surface area contributed by atoms with Crippen LogP contribution < -0.4 is 5.73 Å². The van der Waals surface area contributed by atoms with Gasteiger partial charge in [0.2, 0.25) is 0 Å². The van der Waals surface area contributed by atoms with Gasteiger partial charge in [0.1, 0.15) is 0 Å². The number of nitrogens with two attached hydrogens (primary N) is 1. The maximum absolute atomic E-state index is 5.77. The van der Waals surface area contributed by atoms with Gasteiger partial charge in [0, 0.05) is 31.4 Å². The molecule has 1 heterocycles. The molecular formula is C13H27ClN4. The predicted molar refractivity (Wildman–Crippen MR) is 79.1 cm³/mol. The van der Waals surface area contributed by atoms with Gasteiger partial charge in [-0.15, -0.1) is 12.4 Å². The summed E-state index contributed by atoms with van der Waals surface area (Å²) in [4.78, 5) is 2.32. The third-order valence-electron chi connectivity index (χ3n) is 3.34. The Morgan fingerprint density at radius 2 is 1.89 bits per heavy atom. The van der Waals surface area contributed by atoms with Crippen LogP contribution in [0.3, 0.4) is 0 Å². The minimum Gasteiger partial charge on any atom is -0.330 e. The molecule has 0 aliphatic carbocycles. The van der Waals surface area contributed by atoms with Crippen molar-refractivity contribution in [3.05, 3.63) is 17.0 Å². The zero-order chi connectivity index (χ0) is 13.2. The Morgan fingerprint density at radius 1 is 1.33 bits per heavy atom. The summed E-state index contributed by atoms with van der Waals surface area (Å²) in [6.45, 7) is 11.2. The van der Waals surface area contributed by atoms with E-state index in [1.807, 2.05) is 11.7 Å². The largest absolute Gasteiger partial charge is 0.330 e. The fraction of sp³-hybridized carbons (Fsp3) is 0.769. The van der Waals surface area contributed by atoms with Crippen LogP contribution in [0.1, 0.15) is 30.8 Å². The molecule has 0 fully saturated rings. The summed E-state index contributed by atoms with van der Waals surface area (Å²) < 4.78 is 1.95. The van der Waals surface area contributed by atoms with Gasteiger partial charge in [0.15, 0.2) is 0 Å². The molecule has 1 aromatic heterocycles. The zero-order valence-electron chi connectivity index (χ0n) is 12.4. The molecule has 4 nitrogen and oxygen atoms in total. The van der Waals surface area contributed by atoms with E-state index in [0.29, 0.717) is 6.54 Å². The minimum atomic E-state index is 0. The first-order valence-corrected chi connectivity index (χ1v) is 6.14. The van der Waals surface area contributed by atoms with Gasteiger partial charge in [-0.3, -0.25) is 4.68 Å². The highest BCUT2D eigenvalue weighted by atomic mass is 35.5. The normalized spacial score (nSPS) is 11.8. The first kappa shape index (κ1) is 17.4. The number of hydrogen-bond acceptors (Lipinski definition) is 3. The van der Waals surface area contributed by atoms with Crippen LogP contribution in [0.4, 0.5) is 0 Å². The second kappa shape index (κ2) is 6.55. The number of nitrogens with zero attached hydrogens (tertiary/aromatic N) is 3. The Morgan fingerprint density at radius 3 is 2.28 bits per heavy atom. The number of aromatic nitrogens is 2. The van der Waals surface area contributed by atoms with Crippen LogP contribution >= 0.6 is 12.4 Å². The third-order valence-corrected chi connectivity index (χ3v) is 3.34. The number of rotatable bonds is 5. The van der Waals surface area contributed by atoms with Gasteiger partial charge < -0.3 is 10.6 Å². The topological polar surface area (TPSA) is 47.1 Å². The molecule has 2 N–H and O–H groups in total. The zero-order valence-corrected chi connectivity index (χ0v) is 13.3. The maximum atomic E-state index is 5.77. The van der Waals surface area contributed by atoms with E-state index in [-0.39, 0.29) is 17.8 Å². The second-order valence-electron chi connectivity index (χ2n) is 5.81. The van der Waals surface area contributed by atoms with Crippen molar-refractivity contribution in [1.29, 1.82) is 0 Å². The van der Waals surface area contributed by atoms with Gasteiger partial charge in [-0.1, -0.05) is 13.8 Å². The van der Waals surface area contributed by atoms with Crippen molar-refractivity contribution in [2.75, 3.05) is 20.1 Å². The van der Waals surface area contributed by atoms with Crippen molar-refractivity contribution in [3.63, 3.8) is 0 Å². The monoisotopic (exact) mass is 274 g/mol. The maximum Gasteiger partial charge on any atom is 0.0641 e. The van der Waals surface area contributed by atoms with E-state index in [4.69, 9.17) is 5.73 Å². The van der Waals surface area contributed by atoms with Crippen LogP contribution in [0.25, 0.3) is 0 Å². The molecule has 1 rings (SSSR count). The lowest BCUT2D eigenvalue weighted by Gasteiger charge is -2.29. The van der Waals surface area contributed by atoms with Crippen molar-refractivity contribution >= 4 is 12.4 Å². The SMILES string of the molecule is Cc1nn(C)c(C)c1CN(C)CC(C)(C)CN.Cl. The van der Waals surface area contributed by atoms with E-state index in [9.17, 15) is 0 Å². The predicted octanol–water partition coefficient (Wildman–Crippen LogP) is 1.88. The number of aryl methyl sites for hydroxylation is 2. The van der Waals surface area contributed by atoms with Crippen LogP contribution in [0.2, 0.25) is 0 Å². The molecule has 18 heavy (non-hydrogen) atoms. The summed E-state index contributed by atoms with van der Waals surface area (Å²) in [7, 11) is 4.14. The highest BCUT2D eigenvalue weighted by Crippen LogP contribution is 2.18. The summed E-state index contributed by atoms with van der Waals surface area (Å²) in [6, 6.07) is 0. The average Bonchev–Trinajstić information content (AvgIpc) is 2.44. The fourth-order valence-corrected chi connectivity index (χ4v) is 2.17. The van der Waals surface area contributed by atoms with Gasteiger partial charge in [-0.2, -0.15) is 5.10 Å². The lowest BCUT2D eigenvalue weighted by molar-refractivity contribution is 0.209. The van der Waals surface area contributed by atoms with Crippen molar-refractivity contribution in [3.8, 4) is 0 Å². The fourth-order valence-electron chi connectivity index (χ4n) is 2.17. The van der Waals surface area contributed by atoms with Crippen LogP contribution in [0, 0.1) is 19.3 Å². The van der Waals surface area contributed by atoms with Crippen LogP contribution in [-0.4, -0.2) is 34.8 Å². The molecule has 5 heteroatoms. The van der Waals surface area contributed by atoms with Crippen molar-refractivity contribution < 1.29 is 0 Å². The van der Waals surface area contributed by atoms with Crippen LogP contribution in [-0.2, 0) is 13.6 Å². The molecule has 1 aromatic rings. The van der Waals surface area contributed by atoms with E-state index < -0.39 is 0 Å². The minimum absolute atomic E-state index is 0. The molecule has 0 bridgehead atoms. The molecule has 0 spiro atoms. The molecule has 0 unspecified atom stereocenters. The molecule has 0 aromatic carbocycles. The van der Waals surface area contributed by atoms with Crippen molar-refractivity contribution in [1.82, 2.24) is 14.7 Å². The molecule has 0 amide bonds. The van der Waals surface area contributed by atoms with E-state index in [1.54, 1.807) is 0 Å². The van der Waals surface area contributed by atoms with Gasteiger partial charge >= 0.3 is 0 Å². The Bertz CT molecular complexity index is 385. The Balaban J connectivity index is 0.00000289. The second-order valence-corrected chi connectivity index (χ2v) is 5.81. The summed E-state index contributed by atoms with van der Waals surface area (Å²) in [6.07, 6.45) is 0. The van der Waals surface area contributed by atoms with E-state index >= 15 is 0 Å². The van der Waals surface area contributed by atoms with Gasteiger partial charge in [0.25, 0.3) is 0 Å². The summed E-state index contributed by atoms with van der Waals surface area (Å²) >= 11 is 0. The molecule has 0 saturated carbocycles. The third kappa shape index (κ3) is 4.26. The van der Waals surface area contributed by atoms with Crippen molar-refractivity contribution in [2.45, 2.75) is 34.2 Å². The lowest BCUT2D eigenvalue weighted by Crippen LogP contribution is -2.36. The Hall–Kier alpha value is -0.580. The quantitative estimate of drug-likeness (QED) is 0.892. The molecule has 0 radical (unpaired) electrons. The molecule has 0 saturated heterocycles. The van der Waals surface area contributed by atoms with E-state index in [0.717, 1.165) is 18.8 Å². The first-order valence-electron chi connectivity index (χ1n) is 6.14. The highest BCUT2D eigenvalue weighted by Gasteiger charge is 2.19. The van der Waals surface area contributed by atoms with Gasteiger partial charge in [0.05, 0.1) is 5.69 Å². The standard InChI is InChI=1S/C13H26N4.ClH/c1-10-12(11(2)17(6)15-10)7-16(5)9-13(3,4)8-14;/h7-9,14H2,1-6H3;1H. The van der Waals surface area contributed by atoms with Crippen LogP contribution in [0.15, 0.2) is 0 Å². The lowest BCUT2D eigenvalue weighted by atomic mass is 9.93. The highest BCUT2D eigenvalue weighted by molar-refractivity contribution is 5.85. The van der Waals surface area contributed by atoms with E-state index in [1.165, 1.54) is 11.3 Å². The molecule has 0 atom stereocenters. The van der Waals surface area contributed by atoms with Gasteiger partial charge in [-0.25, -0.2) is 0 Å². The van der Waals surface area contributed by atoms with Crippen LogP contribution in [0.5, 0.6) is 0 Å². The summed E-state index contributed by atoms with van der Waals surface area (Å²) in [5, 5.41) is 4.45. The van der Waals surface area contributed by atoms with Crippen molar-refractivity contribution in [2.24, 2.45) is 18.2 Å². The smallest absolute Gasteiger partial charge is 0.0641 e. The molecule has 106 valence electrons. The number of halogens is 1. The molecular weight excluding hydrogens is 248 g/mol. The summed E-state index contributed by atoms with van der Waals surface area (Å²) in [5.41, 5.74) is 9.65. The molecule has 0 aliphatic heterocycles. The summed E-state index contributed by atoms with van der Waals surface area (Å²) in [5.74, 6) is 0. The first-order chi connectivity index (χ1) is 7.76. The molecule has 0 aliphatic rings. The Labute approximate surface area is 117 Å². The van der Waals surface area contributed by atoms with E-state index in [2.05, 4.69) is 44.7 Å².